The minimum absolute atomic E-state index is 0. The fourth-order valence-electron chi connectivity index (χ4n) is 11.1. The van der Waals surface area contributed by atoms with E-state index in [1.165, 1.54) is 64.5 Å². The highest BCUT2D eigenvalue weighted by molar-refractivity contribution is 5.66. The molecule has 1 N–H and O–H groups in total. The second-order valence-corrected chi connectivity index (χ2v) is 14.7. The number of rotatable bonds is 3. The molecule has 7 heteroatoms. The molecule has 2 saturated heterocycles. The van der Waals surface area contributed by atoms with Crippen molar-refractivity contribution in [3.63, 3.8) is 0 Å². The maximum Gasteiger partial charge on any atom is 0.303 e. The lowest BCUT2D eigenvalue weighted by molar-refractivity contribution is -0.940. The molecular formula is C31H53BrN2O4. The topological polar surface area (TPSA) is 59.0 Å². The molecule has 0 spiro atoms. The largest absolute Gasteiger partial charge is 1.00 e. The van der Waals surface area contributed by atoms with Crippen LogP contribution in [0.3, 0.4) is 0 Å². The number of halogens is 1. The third-order valence-electron chi connectivity index (χ3n) is 13.1. The lowest BCUT2D eigenvalue weighted by atomic mass is 9.44. The van der Waals surface area contributed by atoms with Crippen LogP contribution in [0.15, 0.2) is 0 Å². The van der Waals surface area contributed by atoms with Gasteiger partial charge in [0.15, 0.2) is 6.10 Å². The number of aliphatic hydroxyl groups excluding tert-OH is 1. The highest BCUT2D eigenvalue weighted by Gasteiger charge is 2.67. The Morgan fingerprint density at radius 2 is 1.71 bits per heavy atom. The summed E-state index contributed by atoms with van der Waals surface area (Å²) in [6, 6.07) is 0.720. The number of hydrogen-bond donors (Lipinski definition) is 1. The number of aliphatic hydroxyl groups is 1. The standard InChI is InChI=1S/C31H53N2O4.BrH/c1-21(34)37-29-27(33(4)14-6-5-7-15-33)19-25-23-9-8-22-18-28(35)26(32-12-16-36-17-13-32)20-31(22,3)24(23)10-11-30(25,29)2;/h22-29,35H,5-20H2,1-4H3;1H/q+1;/p-1/t22-,23?,24?,25?,26-,27-,28-,29+,30-,31-;/m0./s1. The average Bonchev–Trinajstić information content (AvgIpc) is 3.17. The summed E-state index contributed by atoms with van der Waals surface area (Å²) in [5.41, 5.74) is 0.391. The predicted molar refractivity (Wildman–Crippen MR) is 144 cm³/mol. The third-order valence-corrected chi connectivity index (χ3v) is 13.1. The average molecular weight is 598 g/mol. The number of piperidine rings is 1. The van der Waals surface area contributed by atoms with Crippen LogP contribution >= 0.6 is 0 Å². The lowest BCUT2D eigenvalue weighted by Crippen LogP contribution is -3.00. The number of nitrogens with zero attached hydrogens (tertiary/aromatic N) is 2. The lowest BCUT2D eigenvalue weighted by Gasteiger charge is -2.62. The van der Waals surface area contributed by atoms with E-state index in [0.29, 0.717) is 23.3 Å². The minimum Gasteiger partial charge on any atom is -1.00 e. The van der Waals surface area contributed by atoms with E-state index in [2.05, 4.69) is 25.8 Å². The van der Waals surface area contributed by atoms with E-state index in [0.717, 1.165) is 55.5 Å². The van der Waals surface area contributed by atoms with E-state index < -0.39 is 0 Å². The van der Waals surface area contributed by atoms with Crippen molar-refractivity contribution >= 4 is 5.97 Å². The number of esters is 1. The summed E-state index contributed by atoms with van der Waals surface area (Å²) in [5, 5.41) is 11.3. The van der Waals surface area contributed by atoms with Gasteiger partial charge in [0.2, 0.25) is 0 Å². The number of morpholine rings is 1. The summed E-state index contributed by atoms with van der Waals surface area (Å²) in [7, 11) is 2.46. The molecule has 0 radical (unpaired) electrons. The van der Waals surface area contributed by atoms with E-state index in [4.69, 9.17) is 9.47 Å². The van der Waals surface area contributed by atoms with Crippen LogP contribution in [-0.2, 0) is 14.3 Å². The Bertz CT molecular complexity index is 861. The molecule has 6 rings (SSSR count). The van der Waals surface area contributed by atoms with Crippen LogP contribution < -0.4 is 17.0 Å². The molecule has 10 atom stereocenters. The zero-order chi connectivity index (χ0) is 26.0. The molecule has 6 aliphatic rings. The fourth-order valence-corrected chi connectivity index (χ4v) is 11.1. The van der Waals surface area contributed by atoms with Crippen molar-refractivity contribution in [1.29, 1.82) is 0 Å². The number of quaternary nitrogens is 1. The van der Waals surface area contributed by atoms with E-state index in [1.54, 1.807) is 6.92 Å². The van der Waals surface area contributed by atoms with Crippen molar-refractivity contribution in [3.05, 3.63) is 0 Å². The van der Waals surface area contributed by atoms with E-state index in [9.17, 15) is 9.90 Å². The molecule has 38 heavy (non-hydrogen) atoms. The van der Waals surface area contributed by atoms with Crippen LogP contribution in [0.5, 0.6) is 0 Å². The molecule has 0 amide bonds. The van der Waals surface area contributed by atoms with Gasteiger partial charge < -0.3 is 36.0 Å². The van der Waals surface area contributed by atoms with Crippen molar-refractivity contribution in [2.24, 2.45) is 34.5 Å². The zero-order valence-electron chi connectivity index (χ0n) is 24.4. The first-order valence-electron chi connectivity index (χ1n) is 15.7. The second kappa shape index (κ2) is 10.9. The van der Waals surface area contributed by atoms with Crippen molar-refractivity contribution in [3.8, 4) is 0 Å². The summed E-state index contributed by atoms with van der Waals surface area (Å²) in [6.07, 6.45) is 12.1. The molecule has 3 unspecified atom stereocenters. The molecule has 0 aromatic carbocycles. The molecule has 4 aliphatic carbocycles. The van der Waals surface area contributed by atoms with Gasteiger partial charge in [-0.25, -0.2) is 0 Å². The first-order valence-corrected chi connectivity index (χ1v) is 15.7. The van der Waals surface area contributed by atoms with Gasteiger partial charge in [0.1, 0.15) is 6.04 Å². The second-order valence-electron chi connectivity index (χ2n) is 14.7. The van der Waals surface area contributed by atoms with Gasteiger partial charge in [-0.15, -0.1) is 0 Å². The van der Waals surface area contributed by atoms with Crippen LogP contribution in [0, 0.1) is 34.5 Å². The Hall–Kier alpha value is -0.210. The number of fused-ring (bicyclic) bond motifs is 5. The molecule has 6 fully saturated rings. The molecule has 218 valence electrons. The van der Waals surface area contributed by atoms with E-state index in [-0.39, 0.29) is 46.6 Å². The molecule has 0 aromatic heterocycles. The van der Waals surface area contributed by atoms with Gasteiger partial charge in [-0.1, -0.05) is 13.8 Å². The van der Waals surface area contributed by atoms with Crippen LogP contribution in [0.2, 0.25) is 0 Å². The molecular weight excluding hydrogens is 544 g/mol. The van der Waals surface area contributed by atoms with Crippen LogP contribution in [0.25, 0.3) is 0 Å². The number of hydrogen-bond acceptors (Lipinski definition) is 5. The smallest absolute Gasteiger partial charge is 0.303 e. The van der Waals surface area contributed by atoms with E-state index in [1.807, 2.05) is 0 Å². The number of carbonyl (C=O) groups excluding carboxylic acids is 1. The number of carbonyl (C=O) groups is 1. The van der Waals surface area contributed by atoms with Crippen molar-refractivity contribution in [2.45, 2.75) is 109 Å². The first-order chi connectivity index (χ1) is 17.7. The molecule has 0 aromatic rings. The molecule has 4 saturated carbocycles. The normalized spacial score (nSPS) is 48.7. The Kier molecular flexibility index (Phi) is 8.39. The molecule has 6 nitrogen and oxygen atoms in total. The number of ether oxygens (including phenoxy) is 2. The monoisotopic (exact) mass is 596 g/mol. The summed E-state index contributed by atoms with van der Waals surface area (Å²) < 4.78 is 13.1. The maximum atomic E-state index is 12.4. The minimum atomic E-state index is -0.200. The summed E-state index contributed by atoms with van der Waals surface area (Å²) in [5.74, 6) is 2.64. The Balaban J connectivity index is 0.00000294. The third kappa shape index (κ3) is 4.72. The maximum absolute atomic E-state index is 12.4. The molecule has 0 bridgehead atoms. The highest BCUT2D eigenvalue weighted by Crippen LogP contribution is 2.67. The van der Waals surface area contributed by atoms with Crippen LogP contribution in [0.1, 0.15) is 85.0 Å². The van der Waals surface area contributed by atoms with Gasteiger partial charge in [0.25, 0.3) is 0 Å². The molecule has 2 heterocycles. The quantitative estimate of drug-likeness (QED) is 0.392. The SMILES string of the molecule is CC(=O)O[C@@H]1[C@@H]([N+]2(C)CCCCC2)CC2C3CC[C@H]4C[C@H](O)[C@@H](N5CCOCC5)C[C@]4(C)C3CC[C@@]21C.[Br-]. The number of likely N-dealkylation sites (N-methyl/N-ethyl adjacent to an activating group) is 1. The van der Waals surface area contributed by atoms with Crippen LogP contribution in [-0.4, -0.2) is 91.2 Å². The van der Waals surface area contributed by atoms with Gasteiger partial charge >= 0.3 is 5.97 Å². The van der Waals surface area contributed by atoms with Crippen LogP contribution in [0.4, 0.5) is 0 Å². The number of likely N-dealkylation sites (tertiary alicyclic amines) is 1. The fraction of sp³-hybridized carbons (Fsp3) is 0.968. The summed E-state index contributed by atoms with van der Waals surface area (Å²) in [6.45, 7) is 12.7. The first kappa shape index (κ1) is 29.3. The molecule has 2 aliphatic heterocycles. The van der Waals surface area contributed by atoms with Crippen molar-refractivity contribution in [2.75, 3.05) is 46.4 Å². The Labute approximate surface area is 241 Å². The van der Waals surface area contributed by atoms with E-state index >= 15 is 0 Å². The summed E-state index contributed by atoms with van der Waals surface area (Å²) >= 11 is 0. The van der Waals surface area contributed by atoms with Crippen molar-refractivity contribution in [1.82, 2.24) is 4.90 Å². The Morgan fingerprint density at radius 1 is 1.00 bits per heavy atom. The summed E-state index contributed by atoms with van der Waals surface area (Å²) in [4.78, 5) is 15.0. The van der Waals surface area contributed by atoms with Gasteiger partial charge in [-0.3, -0.25) is 9.69 Å². The van der Waals surface area contributed by atoms with Gasteiger partial charge in [-0.05, 0) is 86.9 Å². The highest BCUT2D eigenvalue weighted by atomic mass is 79.9. The van der Waals surface area contributed by atoms with Gasteiger partial charge in [-0.2, -0.15) is 0 Å². The Morgan fingerprint density at radius 3 is 2.39 bits per heavy atom. The van der Waals surface area contributed by atoms with Gasteiger partial charge in [0.05, 0.1) is 39.5 Å². The van der Waals surface area contributed by atoms with Gasteiger partial charge in [0, 0.05) is 37.9 Å². The van der Waals surface area contributed by atoms with Crippen molar-refractivity contribution < 1.29 is 40.8 Å². The predicted octanol–water partition coefficient (Wildman–Crippen LogP) is 1.25. The zero-order valence-corrected chi connectivity index (χ0v) is 26.0.